The molecule has 1 aromatic carbocycles. The molecular formula is C28H30FN7O2. The fraction of sp³-hybridized carbons (Fsp3) is 0.357. The van der Waals surface area contributed by atoms with Gasteiger partial charge in [-0.1, -0.05) is 39.0 Å². The van der Waals surface area contributed by atoms with Gasteiger partial charge in [0, 0.05) is 54.9 Å². The quantitative estimate of drug-likeness (QED) is 0.354. The highest BCUT2D eigenvalue weighted by Gasteiger charge is 2.65. The average molecular weight is 516 g/mol. The number of piperazine rings is 1. The van der Waals surface area contributed by atoms with Crippen LogP contribution in [-0.4, -0.2) is 54.6 Å². The van der Waals surface area contributed by atoms with E-state index in [1.165, 1.54) is 6.07 Å². The van der Waals surface area contributed by atoms with Crippen molar-refractivity contribution in [3.63, 3.8) is 0 Å². The molecule has 2 saturated heterocycles. The number of nitrogens with zero attached hydrogens (tertiary/aromatic N) is 5. The molecule has 2 aliphatic rings. The van der Waals surface area contributed by atoms with Crippen molar-refractivity contribution in [1.82, 2.24) is 24.7 Å². The second-order valence-electron chi connectivity index (χ2n) is 11.1. The number of halogens is 1. The van der Waals surface area contributed by atoms with E-state index in [0.717, 1.165) is 12.0 Å². The lowest BCUT2D eigenvalue weighted by Gasteiger charge is -2.47. The highest BCUT2D eigenvalue weighted by molar-refractivity contribution is 5.83. The highest BCUT2D eigenvalue weighted by atomic mass is 19.1. The number of fused-ring (bicyclic) bond motifs is 3. The molecule has 4 aromatic rings. The number of hydrogen-bond donors (Lipinski definition) is 3. The van der Waals surface area contributed by atoms with E-state index in [2.05, 4.69) is 41.4 Å². The van der Waals surface area contributed by atoms with Gasteiger partial charge in [-0.2, -0.15) is 0 Å². The van der Waals surface area contributed by atoms with Crippen LogP contribution in [0.2, 0.25) is 0 Å². The summed E-state index contributed by atoms with van der Waals surface area (Å²) < 4.78 is 15.9. The number of anilines is 2. The van der Waals surface area contributed by atoms with Crippen molar-refractivity contribution in [1.29, 1.82) is 0 Å². The van der Waals surface area contributed by atoms with Crippen LogP contribution in [0.3, 0.4) is 0 Å². The van der Waals surface area contributed by atoms with Crippen LogP contribution in [0.25, 0.3) is 16.9 Å². The molecule has 2 fully saturated rings. The Hall–Kier alpha value is -4.05. The van der Waals surface area contributed by atoms with Gasteiger partial charge in [0.15, 0.2) is 0 Å². The zero-order chi connectivity index (χ0) is 26.7. The Morgan fingerprint density at radius 1 is 1.21 bits per heavy atom. The Kier molecular flexibility index (Phi) is 5.60. The Morgan fingerprint density at radius 3 is 2.79 bits per heavy atom. The van der Waals surface area contributed by atoms with Gasteiger partial charge in [0.2, 0.25) is 5.95 Å². The first kappa shape index (κ1) is 24.3. The van der Waals surface area contributed by atoms with Crippen LogP contribution in [0, 0.1) is 11.2 Å². The summed E-state index contributed by atoms with van der Waals surface area (Å²) in [6, 6.07) is 11.4. The SMILES string of the molecule is CC(C)(C)C12CC(CN1)N(c1nc(-c3ccnc(NCc4ccccc4F)c3)cc3nccn13)C2C(=O)O. The minimum atomic E-state index is -0.876. The topological polar surface area (TPSA) is 108 Å². The fourth-order valence-corrected chi connectivity index (χ4v) is 6.01. The third-order valence-electron chi connectivity index (χ3n) is 8.00. The molecule has 3 unspecified atom stereocenters. The number of carboxylic acids is 1. The summed E-state index contributed by atoms with van der Waals surface area (Å²) in [5.74, 6) is -0.0178. The summed E-state index contributed by atoms with van der Waals surface area (Å²) in [6.45, 7) is 7.24. The van der Waals surface area contributed by atoms with Crippen molar-refractivity contribution in [3.8, 4) is 11.3 Å². The molecule has 0 spiro atoms. The lowest BCUT2D eigenvalue weighted by molar-refractivity contribution is -0.141. The Bertz CT molecular complexity index is 1530. The van der Waals surface area contributed by atoms with Crippen LogP contribution >= 0.6 is 0 Å². The third-order valence-corrected chi connectivity index (χ3v) is 8.00. The van der Waals surface area contributed by atoms with Crippen LogP contribution in [0.5, 0.6) is 0 Å². The molecule has 6 rings (SSSR count). The van der Waals surface area contributed by atoms with Gasteiger partial charge >= 0.3 is 5.97 Å². The first-order valence-corrected chi connectivity index (χ1v) is 12.7. The molecule has 5 heterocycles. The summed E-state index contributed by atoms with van der Waals surface area (Å²) in [5.41, 5.74) is 1.79. The average Bonchev–Trinajstić information content (AvgIpc) is 3.62. The monoisotopic (exact) mass is 515 g/mol. The molecular weight excluding hydrogens is 485 g/mol. The zero-order valence-corrected chi connectivity index (χ0v) is 21.5. The van der Waals surface area contributed by atoms with E-state index in [1.807, 2.05) is 33.7 Å². The van der Waals surface area contributed by atoms with Crippen LogP contribution in [-0.2, 0) is 11.3 Å². The van der Waals surface area contributed by atoms with E-state index in [-0.39, 0.29) is 17.3 Å². The number of imidazole rings is 1. The summed E-state index contributed by atoms with van der Waals surface area (Å²) >= 11 is 0. The molecule has 3 N–H and O–H groups in total. The van der Waals surface area contributed by atoms with Gasteiger partial charge in [0.05, 0.1) is 11.2 Å². The van der Waals surface area contributed by atoms with Crippen molar-refractivity contribution in [3.05, 3.63) is 72.4 Å². The first-order chi connectivity index (χ1) is 18.2. The number of aliphatic carboxylic acids is 1. The standard InChI is InChI=1S/C28H30FN7O2/c1-27(2,3)28-14-19(16-33-28)36(24(28)25(37)38)26-34-21(13-23-31-10-11-35(23)26)17-8-9-30-22(12-17)32-15-18-6-4-5-7-20(18)29/h4-13,19,24,33H,14-16H2,1-3H3,(H,30,32)(H,37,38). The summed E-state index contributed by atoms with van der Waals surface area (Å²) in [7, 11) is 0. The lowest BCUT2D eigenvalue weighted by atomic mass is 9.69. The van der Waals surface area contributed by atoms with E-state index in [1.54, 1.807) is 30.6 Å². The highest BCUT2D eigenvalue weighted by Crippen LogP contribution is 2.50. The van der Waals surface area contributed by atoms with Crippen molar-refractivity contribution in [2.24, 2.45) is 5.41 Å². The van der Waals surface area contributed by atoms with E-state index in [0.29, 0.717) is 41.8 Å². The Labute approximate surface area is 219 Å². The van der Waals surface area contributed by atoms with Crippen LogP contribution in [0.1, 0.15) is 32.8 Å². The van der Waals surface area contributed by atoms with Gasteiger partial charge in [-0.3, -0.25) is 4.40 Å². The number of carboxylic acid groups (broad SMARTS) is 1. The second kappa shape index (κ2) is 8.76. The Balaban J connectivity index is 1.39. The minimum absolute atomic E-state index is 0.0147. The van der Waals surface area contributed by atoms with Crippen LogP contribution < -0.4 is 15.5 Å². The molecule has 9 nitrogen and oxygen atoms in total. The van der Waals surface area contributed by atoms with Gasteiger partial charge in [-0.25, -0.2) is 24.1 Å². The molecule has 0 amide bonds. The lowest BCUT2D eigenvalue weighted by Crippen LogP contribution is -2.67. The molecule has 3 atom stereocenters. The largest absolute Gasteiger partial charge is 0.480 e. The van der Waals surface area contributed by atoms with E-state index in [9.17, 15) is 14.3 Å². The summed E-state index contributed by atoms with van der Waals surface area (Å²) in [6.07, 6.45) is 5.90. The molecule has 10 heteroatoms. The van der Waals surface area contributed by atoms with Gasteiger partial charge < -0.3 is 20.6 Å². The van der Waals surface area contributed by atoms with E-state index < -0.39 is 17.6 Å². The maximum absolute atomic E-state index is 14.1. The zero-order valence-electron chi connectivity index (χ0n) is 21.5. The molecule has 0 aliphatic carbocycles. The van der Waals surface area contributed by atoms with Crippen LogP contribution in [0.15, 0.2) is 61.1 Å². The molecule has 3 aromatic heterocycles. The predicted octanol–water partition coefficient (Wildman–Crippen LogP) is 3.96. The number of benzene rings is 1. The number of rotatable bonds is 6. The van der Waals surface area contributed by atoms with E-state index in [4.69, 9.17) is 4.98 Å². The van der Waals surface area contributed by atoms with Crippen molar-refractivity contribution >= 4 is 23.4 Å². The van der Waals surface area contributed by atoms with Gasteiger partial charge in [0.25, 0.3) is 0 Å². The van der Waals surface area contributed by atoms with E-state index >= 15 is 0 Å². The molecule has 0 saturated carbocycles. The maximum Gasteiger partial charge on any atom is 0.328 e. The van der Waals surface area contributed by atoms with Gasteiger partial charge in [-0.05, 0) is 30.0 Å². The normalized spacial score (nSPS) is 22.8. The summed E-state index contributed by atoms with van der Waals surface area (Å²) in [5, 5.41) is 17.2. The molecule has 0 radical (unpaired) electrons. The number of pyridine rings is 1. The first-order valence-electron chi connectivity index (χ1n) is 12.7. The maximum atomic E-state index is 14.1. The smallest absolute Gasteiger partial charge is 0.328 e. The minimum Gasteiger partial charge on any atom is -0.480 e. The fourth-order valence-electron chi connectivity index (χ4n) is 6.01. The van der Waals surface area contributed by atoms with Crippen molar-refractivity contribution in [2.45, 2.75) is 51.4 Å². The third kappa shape index (κ3) is 3.78. The molecule has 2 aliphatic heterocycles. The number of nitrogens with one attached hydrogen (secondary N) is 2. The van der Waals surface area contributed by atoms with Crippen LogP contribution in [0.4, 0.5) is 16.2 Å². The van der Waals surface area contributed by atoms with Gasteiger partial charge in [-0.15, -0.1) is 0 Å². The molecule has 196 valence electrons. The second-order valence-corrected chi connectivity index (χ2v) is 11.1. The van der Waals surface area contributed by atoms with Crippen molar-refractivity contribution < 1.29 is 14.3 Å². The number of carbonyl (C=O) groups is 1. The molecule has 2 bridgehead atoms. The number of hydrogen-bond acceptors (Lipinski definition) is 7. The number of aromatic nitrogens is 4. The predicted molar refractivity (Wildman–Crippen MR) is 142 cm³/mol. The van der Waals surface area contributed by atoms with Crippen molar-refractivity contribution in [2.75, 3.05) is 16.8 Å². The Morgan fingerprint density at radius 2 is 2.03 bits per heavy atom. The molecule has 38 heavy (non-hydrogen) atoms. The summed E-state index contributed by atoms with van der Waals surface area (Å²) in [4.78, 5) is 28.6. The van der Waals surface area contributed by atoms with Gasteiger partial charge in [0.1, 0.15) is 23.3 Å².